The van der Waals surface area contributed by atoms with Crippen LogP contribution in [-0.4, -0.2) is 41.9 Å². The highest BCUT2D eigenvalue weighted by atomic mass is 16.5. The molecule has 0 heterocycles. The summed E-state index contributed by atoms with van der Waals surface area (Å²) < 4.78 is 5.41. The van der Waals surface area contributed by atoms with Crippen LogP contribution in [0.4, 0.5) is 11.4 Å². The molecule has 0 saturated heterocycles. The lowest BCUT2D eigenvalue weighted by Gasteiger charge is -2.31. The van der Waals surface area contributed by atoms with E-state index in [0.29, 0.717) is 42.2 Å². The molecule has 3 rings (SSSR count). The van der Waals surface area contributed by atoms with Crippen LogP contribution in [0.5, 0.6) is 5.75 Å². The van der Waals surface area contributed by atoms with Crippen LogP contribution in [0.15, 0.2) is 48.5 Å². The van der Waals surface area contributed by atoms with Crippen LogP contribution >= 0.6 is 0 Å². The van der Waals surface area contributed by atoms with Gasteiger partial charge in [0.15, 0.2) is 0 Å². The summed E-state index contributed by atoms with van der Waals surface area (Å²) in [7, 11) is 0. The van der Waals surface area contributed by atoms with E-state index in [1.807, 2.05) is 31.2 Å². The third kappa shape index (κ3) is 6.56. The Bertz CT molecular complexity index is 857. The summed E-state index contributed by atoms with van der Waals surface area (Å²) in [5.74, 6) is 0.547. The van der Waals surface area contributed by atoms with Crippen molar-refractivity contribution in [3.63, 3.8) is 0 Å². The first kappa shape index (κ1) is 22.8. The molecular weight excluding hydrogens is 390 g/mol. The molecular formula is C25H33N3O3. The van der Waals surface area contributed by atoms with Gasteiger partial charge in [0.1, 0.15) is 5.75 Å². The molecule has 31 heavy (non-hydrogen) atoms. The van der Waals surface area contributed by atoms with Crippen molar-refractivity contribution in [3.8, 4) is 5.75 Å². The Labute approximate surface area is 185 Å². The highest BCUT2D eigenvalue weighted by Crippen LogP contribution is 2.25. The number of nitrogens with zero attached hydrogens (tertiary/aromatic N) is 1. The van der Waals surface area contributed by atoms with E-state index in [9.17, 15) is 9.59 Å². The standard InChI is InChI=1S/C25H33N3O3/c1-4-31-23-15-13-21(14-16-23)27-25(30)19-9-11-20(12-10-19)26-24(29)17-28(18(2)3)22-7-5-6-8-22/h9-16,18,22H,4-8,17H2,1-3H3,(H,26,29)(H,27,30). The molecule has 166 valence electrons. The second kappa shape index (κ2) is 11.0. The van der Waals surface area contributed by atoms with Gasteiger partial charge in [-0.1, -0.05) is 12.8 Å². The molecule has 1 aliphatic carbocycles. The number of benzene rings is 2. The van der Waals surface area contributed by atoms with Crippen LogP contribution in [0.25, 0.3) is 0 Å². The Morgan fingerprint density at radius 3 is 2.13 bits per heavy atom. The van der Waals surface area contributed by atoms with E-state index in [2.05, 4.69) is 29.4 Å². The van der Waals surface area contributed by atoms with Crippen LogP contribution in [0.2, 0.25) is 0 Å². The number of ether oxygens (including phenoxy) is 1. The van der Waals surface area contributed by atoms with E-state index in [1.165, 1.54) is 25.7 Å². The lowest BCUT2D eigenvalue weighted by atomic mass is 10.1. The first-order chi connectivity index (χ1) is 15.0. The van der Waals surface area contributed by atoms with Crippen molar-refractivity contribution in [2.75, 3.05) is 23.8 Å². The average molecular weight is 424 g/mol. The molecule has 6 heteroatoms. The molecule has 2 amide bonds. The number of hydrogen-bond donors (Lipinski definition) is 2. The second-order valence-electron chi connectivity index (χ2n) is 8.24. The Kier molecular flexibility index (Phi) is 8.06. The smallest absolute Gasteiger partial charge is 0.255 e. The number of hydrogen-bond acceptors (Lipinski definition) is 4. The second-order valence-corrected chi connectivity index (χ2v) is 8.24. The van der Waals surface area contributed by atoms with Gasteiger partial charge in [0.25, 0.3) is 5.91 Å². The average Bonchev–Trinajstić information content (AvgIpc) is 3.28. The minimum Gasteiger partial charge on any atom is -0.494 e. The minimum atomic E-state index is -0.200. The highest BCUT2D eigenvalue weighted by molar-refractivity contribution is 6.04. The van der Waals surface area contributed by atoms with Gasteiger partial charge in [-0.05, 0) is 82.1 Å². The zero-order chi connectivity index (χ0) is 22.2. The molecule has 0 aliphatic heterocycles. The van der Waals surface area contributed by atoms with E-state index in [0.717, 1.165) is 5.75 Å². The first-order valence-electron chi connectivity index (χ1n) is 11.2. The third-order valence-electron chi connectivity index (χ3n) is 5.64. The van der Waals surface area contributed by atoms with Crippen LogP contribution < -0.4 is 15.4 Å². The summed E-state index contributed by atoms with van der Waals surface area (Å²) in [5, 5.41) is 5.83. The third-order valence-corrected chi connectivity index (χ3v) is 5.64. The molecule has 0 aromatic heterocycles. The van der Waals surface area contributed by atoms with Crippen LogP contribution in [0.1, 0.15) is 56.8 Å². The van der Waals surface area contributed by atoms with Gasteiger partial charge < -0.3 is 15.4 Å². The largest absolute Gasteiger partial charge is 0.494 e. The van der Waals surface area contributed by atoms with Gasteiger partial charge in [-0.2, -0.15) is 0 Å². The molecule has 0 spiro atoms. The van der Waals surface area contributed by atoms with Gasteiger partial charge in [-0.25, -0.2) is 0 Å². The number of rotatable bonds is 9. The number of nitrogens with one attached hydrogen (secondary N) is 2. The highest BCUT2D eigenvalue weighted by Gasteiger charge is 2.26. The maximum absolute atomic E-state index is 12.6. The summed E-state index contributed by atoms with van der Waals surface area (Å²) in [6.07, 6.45) is 4.83. The van der Waals surface area contributed by atoms with Crippen molar-refractivity contribution < 1.29 is 14.3 Å². The Hall–Kier alpha value is -2.86. The van der Waals surface area contributed by atoms with Crippen LogP contribution in [0.3, 0.4) is 0 Å². The zero-order valence-corrected chi connectivity index (χ0v) is 18.7. The van der Waals surface area contributed by atoms with Crippen molar-refractivity contribution >= 4 is 23.2 Å². The number of amides is 2. The molecule has 1 aliphatic rings. The summed E-state index contributed by atoms with van der Waals surface area (Å²) >= 11 is 0. The van der Waals surface area contributed by atoms with E-state index < -0.39 is 0 Å². The summed E-state index contributed by atoms with van der Waals surface area (Å²) in [4.78, 5) is 27.4. The zero-order valence-electron chi connectivity index (χ0n) is 18.7. The molecule has 0 bridgehead atoms. The summed E-state index contributed by atoms with van der Waals surface area (Å²) in [6, 6.07) is 15.1. The van der Waals surface area contributed by atoms with Crippen LogP contribution in [0, 0.1) is 0 Å². The fourth-order valence-corrected chi connectivity index (χ4v) is 4.04. The van der Waals surface area contributed by atoms with Crippen molar-refractivity contribution in [2.24, 2.45) is 0 Å². The van der Waals surface area contributed by atoms with E-state index in [1.54, 1.807) is 24.3 Å². The van der Waals surface area contributed by atoms with E-state index >= 15 is 0 Å². The SMILES string of the molecule is CCOc1ccc(NC(=O)c2ccc(NC(=O)CN(C(C)C)C3CCCC3)cc2)cc1. The summed E-state index contributed by atoms with van der Waals surface area (Å²) in [5.41, 5.74) is 1.92. The lowest BCUT2D eigenvalue weighted by Crippen LogP contribution is -2.43. The van der Waals surface area contributed by atoms with Gasteiger partial charge in [0.05, 0.1) is 13.2 Å². The number of carbonyl (C=O) groups excluding carboxylic acids is 2. The van der Waals surface area contributed by atoms with Crippen LogP contribution in [-0.2, 0) is 4.79 Å². The molecule has 2 aromatic carbocycles. The fourth-order valence-electron chi connectivity index (χ4n) is 4.04. The van der Waals surface area contributed by atoms with Gasteiger partial charge in [-0.15, -0.1) is 0 Å². The monoisotopic (exact) mass is 423 g/mol. The van der Waals surface area contributed by atoms with Crippen molar-refractivity contribution in [1.82, 2.24) is 4.90 Å². The number of carbonyl (C=O) groups is 2. The van der Waals surface area contributed by atoms with Crippen molar-refractivity contribution in [1.29, 1.82) is 0 Å². The molecule has 2 N–H and O–H groups in total. The Balaban J connectivity index is 1.54. The molecule has 0 unspecified atom stereocenters. The Morgan fingerprint density at radius 1 is 0.968 bits per heavy atom. The maximum Gasteiger partial charge on any atom is 0.255 e. The molecule has 0 radical (unpaired) electrons. The first-order valence-corrected chi connectivity index (χ1v) is 11.2. The lowest BCUT2D eigenvalue weighted by molar-refractivity contribution is -0.118. The quantitative estimate of drug-likeness (QED) is 0.600. The maximum atomic E-state index is 12.6. The van der Waals surface area contributed by atoms with Gasteiger partial charge >= 0.3 is 0 Å². The van der Waals surface area contributed by atoms with Gasteiger partial charge in [-0.3, -0.25) is 14.5 Å². The Morgan fingerprint density at radius 2 is 1.55 bits per heavy atom. The molecule has 2 aromatic rings. The molecule has 1 fully saturated rings. The van der Waals surface area contributed by atoms with Gasteiger partial charge in [0.2, 0.25) is 5.91 Å². The predicted octanol–water partition coefficient (Wildman–Crippen LogP) is 4.93. The van der Waals surface area contributed by atoms with Gasteiger partial charge in [0, 0.05) is 29.0 Å². The van der Waals surface area contributed by atoms with Crippen molar-refractivity contribution in [2.45, 2.75) is 58.5 Å². The predicted molar refractivity (Wildman–Crippen MR) is 125 cm³/mol. The molecule has 6 nitrogen and oxygen atoms in total. The van der Waals surface area contributed by atoms with E-state index in [4.69, 9.17) is 4.74 Å². The van der Waals surface area contributed by atoms with E-state index in [-0.39, 0.29) is 11.8 Å². The number of anilines is 2. The molecule has 1 saturated carbocycles. The normalized spacial score (nSPS) is 14.1. The summed E-state index contributed by atoms with van der Waals surface area (Å²) in [6.45, 7) is 7.21. The topological polar surface area (TPSA) is 70.7 Å². The minimum absolute atomic E-state index is 0.0211. The fraction of sp³-hybridized carbons (Fsp3) is 0.440. The molecule has 0 atom stereocenters. The van der Waals surface area contributed by atoms with Crippen molar-refractivity contribution in [3.05, 3.63) is 54.1 Å².